The second-order valence-corrected chi connectivity index (χ2v) is 14.7. The van der Waals surface area contributed by atoms with Crippen molar-refractivity contribution < 1.29 is 4.39 Å². The van der Waals surface area contributed by atoms with Gasteiger partial charge in [0.15, 0.2) is 5.43 Å². The van der Waals surface area contributed by atoms with Crippen molar-refractivity contribution in [2.45, 2.75) is 41.6 Å². The van der Waals surface area contributed by atoms with Crippen LogP contribution in [0.3, 0.4) is 0 Å². The predicted octanol–water partition coefficient (Wildman–Crippen LogP) is 4.76. The number of halogens is 1. The molecule has 1 aromatic carbocycles. The maximum absolute atomic E-state index is 13.3. The molecule has 3 rings (SSSR count). The fourth-order valence-electron chi connectivity index (χ4n) is 2.67. The first-order valence-corrected chi connectivity index (χ1v) is 12.2. The van der Waals surface area contributed by atoms with Crippen molar-refractivity contribution in [2.24, 2.45) is 0 Å². The summed E-state index contributed by atoms with van der Waals surface area (Å²) in [6.07, 6.45) is 0.882. The molecule has 5 heteroatoms. The van der Waals surface area contributed by atoms with Crippen molar-refractivity contribution in [3.63, 3.8) is 0 Å². The van der Waals surface area contributed by atoms with Crippen LogP contribution >= 0.6 is 23.1 Å². The van der Waals surface area contributed by atoms with Crippen LogP contribution in [0, 0.1) is 5.82 Å². The molecule has 1 atom stereocenters. The Morgan fingerprint density at radius 2 is 2.10 bits per heavy atom. The summed E-state index contributed by atoms with van der Waals surface area (Å²) in [6, 6.07) is 5.71. The van der Waals surface area contributed by atoms with Crippen molar-refractivity contribution in [2.75, 3.05) is 0 Å². The SMILES string of the molecule is C[Si](C)(C)CC1Cc2c(sc3cc(F)ccc3c2=O)S1. The molecule has 0 aliphatic carbocycles. The fraction of sp³-hybridized carbons (Fsp3) is 0.400. The van der Waals surface area contributed by atoms with Gasteiger partial charge in [-0.15, -0.1) is 23.1 Å². The van der Waals surface area contributed by atoms with E-state index in [0.717, 1.165) is 20.9 Å². The Morgan fingerprint density at radius 1 is 1.35 bits per heavy atom. The lowest BCUT2D eigenvalue weighted by molar-refractivity contribution is 0.630. The molecule has 2 heterocycles. The van der Waals surface area contributed by atoms with E-state index in [1.54, 1.807) is 17.4 Å². The number of thioether (sulfide) groups is 1. The molecule has 0 saturated heterocycles. The summed E-state index contributed by atoms with van der Waals surface area (Å²) in [5.41, 5.74) is 1.07. The van der Waals surface area contributed by atoms with E-state index in [9.17, 15) is 9.18 Å². The molecule has 0 fully saturated rings. The minimum atomic E-state index is -1.13. The lowest BCUT2D eigenvalue weighted by Gasteiger charge is -2.19. The molecule has 0 amide bonds. The van der Waals surface area contributed by atoms with Gasteiger partial charge >= 0.3 is 0 Å². The number of fused-ring (bicyclic) bond motifs is 2. The van der Waals surface area contributed by atoms with Gasteiger partial charge in [0.1, 0.15) is 5.82 Å². The molecule has 0 N–H and O–H groups in total. The fourth-order valence-corrected chi connectivity index (χ4v) is 8.70. The number of benzene rings is 1. The summed E-state index contributed by atoms with van der Waals surface area (Å²) in [6.45, 7) is 7.10. The molecule has 1 aliphatic heterocycles. The molecule has 106 valence electrons. The molecule has 1 aliphatic rings. The van der Waals surface area contributed by atoms with Crippen molar-refractivity contribution in [1.29, 1.82) is 0 Å². The zero-order valence-corrected chi connectivity index (χ0v) is 14.5. The largest absolute Gasteiger partial charge is 0.289 e. The van der Waals surface area contributed by atoms with E-state index in [1.807, 2.05) is 11.8 Å². The van der Waals surface area contributed by atoms with E-state index >= 15 is 0 Å². The maximum Gasteiger partial charge on any atom is 0.192 e. The summed E-state index contributed by atoms with van der Waals surface area (Å²) in [5.74, 6) is -0.269. The van der Waals surface area contributed by atoms with Crippen molar-refractivity contribution in [3.05, 3.63) is 39.8 Å². The summed E-state index contributed by atoms with van der Waals surface area (Å²) in [4.78, 5) is 12.5. The van der Waals surface area contributed by atoms with Crippen molar-refractivity contribution in [3.8, 4) is 0 Å². The Hall–Kier alpha value is -0.653. The molecular formula is C15H17FOS2Si. The van der Waals surface area contributed by atoms with E-state index < -0.39 is 8.07 Å². The number of hydrogen-bond acceptors (Lipinski definition) is 3. The lowest BCUT2D eigenvalue weighted by atomic mass is 10.1. The van der Waals surface area contributed by atoms with E-state index in [4.69, 9.17) is 0 Å². The third-order valence-corrected chi connectivity index (χ3v) is 8.13. The lowest BCUT2D eigenvalue weighted by Crippen LogP contribution is -2.25. The topological polar surface area (TPSA) is 17.1 Å². The predicted molar refractivity (Wildman–Crippen MR) is 89.6 cm³/mol. The van der Waals surface area contributed by atoms with Gasteiger partial charge in [-0.3, -0.25) is 4.79 Å². The van der Waals surface area contributed by atoms with Gasteiger partial charge in [-0.05, 0) is 30.7 Å². The molecule has 1 aromatic heterocycles. The molecule has 20 heavy (non-hydrogen) atoms. The van der Waals surface area contributed by atoms with Crippen molar-refractivity contribution >= 4 is 41.3 Å². The molecule has 0 radical (unpaired) electrons. The number of hydrogen-bond donors (Lipinski definition) is 0. The van der Waals surface area contributed by atoms with Gasteiger partial charge < -0.3 is 0 Å². The quantitative estimate of drug-likeness (QED) is 0.741. The third kappa shape index (κ3) is 2.71. The highest BCUT2D eigenvalue weighted by Crippen LogP contribution is 2.43. The Bertz CT molecular complexity index is 733. The van der Waals surface area contributed by atoms with Gasteiger partial charge in [0, 0.05) is 29.0 Å². The smallest absolute Gasteiger partial charge is 0.192 e. The van der Waals surface area contributed by atoms with Gasteiger partial charge in [-0.1, -0.05) is 19.6 Å². The van der Waals surface area contributed by atoms with E-state index in [1.165, 1.54) is 18.2 Å². The molecule has 1 unspecified atom stereocenters. The van der Waals surface area contributed by atoms with Crippen LogP contribution in [0.15, 0.2) is 27.2 Å². The first-order chi connectivity index (χ1) is 9.33. The number of rotatable bonds is 2. The van der Waals surface area contributed by atoms with Gasteiger partial charge in [0.25, 0.3) is 0 Å². The molecule has 2 aromatic rings. The zero-order valence-electron chi connectivity index (χ0n) is 11.8. The van der Waals surface area contributed by atoms with Crippen molar-refractivity contribution in [1.82, 2.24) is 0 Å². The second-order valence-electron chi connectivity index (χ2n) is 6.55. The third-order valence-electron chi connectivity index (χ3n) is 3.46. The van der Waals surface area contributed by atoms with E-state index in [2.05, 4.69) is 19.6 Å². The second kappa shape index (κ2) is 4.96. The highest BCUT2D eigenvalue weighted by Gasteiger charge is 2.30. The molecular weight excluding hydrogens is 307 g/mol. The van der Waals surface area contributed by atoms with Crippen LogP contribution in [0.1, 0.15) is 5.56 Å². The Balaban J connectivity index is 2.04. The standard InChI is InChI=1S/C15H17FOS2Si/c1-20(2,3)8-10-7-12-14(17)11-5-4-9(16)6-13(11)19-15(12)18-10/h4-6,10H,7-8H2,1-3H3. The first kappa shape index (κ1) is 14.3. The minimum absolute atomic E-state index is 0.110. The van der Waals surface area contributed by atoms with E-state index in [0.29, 0.717) is 10.6 Å². The highest BCUT2D eigenvalue weighted by atomic mass is 32.2. The normalized spacial score (nSPS) is 18.5. The Kier molecular flexibility index (Phi) is 3.55. The highest BCUT2D eigenvalue weighted by molar-refractivity contribution is 8.02. The first-order valence-electron chi connectivity index (χ1n) is 6.75. The van der Waals surface area contributed by atoms with E-state index in [-0.39, 0.29) is 11.2 Å². The van der Waals surface area contributed by atoms with Gasteiger partial charge in [0.2, 0.25) is 0 Å². The molecule has 0 bridgehead atoms. The van der Waals surface area contributed by atoms with Crippen LogP contribution in [-0.4, -0.2) is 13.3 Å². The average molecular weight is 325 g/mol. The van der Waals surface area contributed by atoms with Gasteiger partial charge in [0.05, 0.1) is 4.21 Å². The van der Waals surface area contributed by atoms with Crippen LogP contribution < -0.4 is 5.43 Å². The van der Waals surface area contributed by atoms with Crippen LogP contribution in [0.4, 0.5) is 4.39 Å². The maximum atomic E-state index is 13.3. The zero-order chi connectivity index (χ0) is 14.5. The summed E-state index contributed by atoms with van der Waals surface area (Å²) < 4.78 is 15.2. The van der Waals surface area contributed by atoms with Crippen LogP contribution in [0.2, 0.25) is 25.7 Å². The Labute approximate surface area is 127 Å². The van der Waals surface area contributed by atoms with Crippen LogP contribution in [-0.2, 0) is 6.42 Å². The summed E-state index contributed by atoms with van der Waals surface area (Å²) >= 11 is 3.40. The molecule has 0 spiro atoms. The average Bonchev–Trinajstić information content (AvgIpc) is 2.69. The Morgan fingerprint density at radius 3 is 2.80 bits per heavy atom. The monoisotopic (exact) mass is 324 g/mol. The van der Waals surface area contributed by atoms with Gasteiger partial charge in [-0.2, -0.15) is 0 Å². The van der Waals surface area contributed by atoms with Gasteiger partial charge in [-0.25, -0.2) is 4.39 Å². The van der Waals surface area contributed by atoms with Crippen LogP contribution in [0.25, 0.3) is 10.1 Å². The minimum Gasteiger partial charge on any atom is -0.289 e. The summed E-state index contributed by atoms with van der Waals surface area (Å²) in [7, 11) is -1.13. The van der Waals surface area contributed by atoms with Crippen LogP contribution in [0.5, 0.6) is 0 Å². The molecule has 1 nitrogen and oxygen atoms in total. The summed E-state index contributed by atoms with van der Waals surface area (Å²) in [5, 5.41) is 1.20. The molecule has 0 saturated carbocycles.